The number of aliphatic hydroxyl groups is 5. The van der Waals surface area contributed by atoms with E-state index in [4.69, 9.17) is 14.6 Å². The summed E-state index contributed by atoms with van der Waals surface area (Å²) in [5, 5.41) is 48.5. The number of hydrogen-bond donors (Lipinski definition) is 8. The lowest BCUT2D eigenvalue weighted by atomic mass is 10.00. The van der Waals surface area contributed by atoms with Crippen molar-refractivity contribution in [3.8, 4) is 0 Å². The topological polar surface area (TPSA) is 277 Å². The molecule has 2 aliphatic rings. The molecule has 2 aliphatic heterocycles. The Balaban J connectivity index is 1.59. The van der Waals surface area contributed by atoms with Gasteiger partial charge in [0.05, 0.1) is 19.3 Å². The van der Waals surface area contributed by atoms with E-state index in [1.165, 1.54) is 13.1 Å². The third-order valence-corrected chi connectivity index (χ3v) is 7.95. The number of phosphoric ester groups is 2. The first-order valence-electron chi connectivity index (χ1n) is 10.3. The number of aromatic amines is 1. The van der Waals surface area contributed by atoms with Crippen molar-refractivity contribution in [1.82, 2.24) is 9.55 Å². The first-order valence-corrected chi connectivity index (χ1v) is 13.3. The number of aromatic nitrogens is 2. The van der Waals surface area contributed by atoms with Gasteiger partial charge in [-0.1, -0.05) is 0 Å². The van der Waals surface area contributed by atoms with Gasteiger partial charge in [-0.25, -0.2) is 13.9 Å². The Morgan fingerprint density at radius 1 is 1.06 bits per heavy atom. The molecular weight excluding hydrogens is 538 g/mol. The Kier molecular flexibility index (Phi) is 9.08. The lowest BCUT2D eigenvalue weighted by Crippen LogP contribution is -2.58. The van der Waals surface area contributed by atoms with Crippen molar-refractivity contribution in [1.29, 1.82) is 0 Å². The van der Waals surface area contributed by atoms with E-state index in [2.05, 4.69) is 18.3 Å². The summed E-state index contributed by atoms with van der Waals surface area (Å²) in [5.74, 6) is 0. The second-order valence-corrected chi connectivity index (χ2v) is 11.0. The summed E-state index contributed by atoms with van der Waals surface area (Å²) in [6.45, 7) is -0.305. The molecule has 3 heterocycles. The number of nitrogens with one attached hydrogen (secondary N) is 1. The minimum absolute atomic E-state index is 0.172. The molecule has 206 valence electrons. The van der Waals surface area contributed by atoms with Crippen LogP contribution in [0.5, 0.6) is 0 Å². The van der Waals surface area contributed by atoms with Crippen LogP contribution < -0.4 is 11.2 Å². The number of H-pyrrole nitrogens is 1. The van der Waals surface area contributed by atoms with Gasteiger partial charge in [0.1, 0.15) is 36.7 Å². The average molecular weight is 564 g/mol. The van der Waals surface area contributed by atoms with Crippen molar-refractivity contribution < 1.29 is 67.3 Å². The average Bonchev–Trinajstić information content (AvgIpc) is 3.14. The fraction of sp³-hybridized carbons (Fsp3) is 0.750. The third kappa shape index (κ3) is 6.75. The number of nitrogens with zero attached hydrogens (tertiary/aromatic N) is 1. The molecule has 0 aliphatic carbocycles. The summed E-state index contributed by atoms with van der Waals surface area (Å²) in [7, 11) is -10.9. The molecule has 20 heteroatoms. The molecule has 0 amide bonds. The molecule has 0 bridgehead atoms. The molecule has 0 radical (unpaired) electrons. The van der Waals surface area contributed by atoms with Crippen LogP contribution in [-0.4, -0.2) is 101 Å². The van der Waals surface area contributed by atoms with Crippen LogP contribution in [0.15, 0.2) is 15.8 Å². The van der Waals surface area contributed by atoms with Crippen LogP contribution in [0.4, 0.5) is 0 Å². The van der Waals surface area contributed by atoms with Crippen LogP contribution in [-0.2, 0) is 32.0 Å². The third-order valence-electron chi connectivity index (χ3n) is 5.35. The number of aliphatic hydroxyl groups excluding tert-OH is 5. The fourth-order valence-corrected chi connectivity index (χ4v) is 5.62. The van der Waals surface area contributed by atoms with Crippen molar-refractivity contribution in [3.63, 3.8) is 0 Å². The Hall–Kier alpha value is -1.34. The molecule has 1 aromatic rings. The Morgan fingerprint density at radius 3 is 2.36 bits per heavy atom. The minimum Gasteiger partial charge on any atom is -0.394 e. The van der Waals surface area contributed by atoms with Crippen molar-refractivity contribution in [2.45, 2.75) is 62.5 Å². The molecule has 8 N–H and O–H groups in total. The second-order valence-electron chi connectivity index (χ2n) is 8.03. The number of aryl methyl sites for hydroxylation is 1. The standard InChI is InChI=1S/C16H26N2O16P2/c1-6-3-18(16(25)17-14(6)24)10-2-7(20)9(31-10)5-30-35(26,27)34-36(28,29)33-15-13(23)12(22)11(21)8(4-19)32-15/h3,7-13,15,19-23H,2,4-5H2,1H3,(H,26,27)(H,28,29)(H,17,24,25)/t7-,8-,9+,10+,11-,12+,13-,15?/m0/s1. The van der Waals surface area contributed by atoms with E-state index in [9.17, 15) is 48.9 Å². The Labute approximate surface area is 201 Å². The Bertz CT molecular complexity index is 1140. The molecule has 18 nitrogen and oxygen atoms in total. The molecule has 3 unspecified atom stereocenters. The smallest absolute Gasteiger partial charge is 0.394 e. The summed E-state index contributed by atoms with van der Waals surface area (Å²) in [5.41, 5.74) is -1.27. The van der Waals surface area contributed by atoms with Gasteiger partial charge in [0, 0.05) is 18.2 Å². The summed E-state index contributed by atoms with van der Waals surface area (Å²) in [4.78, 5) is 45.2. The molecule has 10 atom stereocenters. The highest BCUT2D eigenvalue weighted by Gasteiger charge is 2.48. The van der Waals surface area contributed by atoms with Gasteiger partial charge in [-0.2, -0.15) is 4.31 Å². The van der Waals surface area contributed by atoms with E-state index in [1.807, 2.05) is 0 Å². The molecule has 2 saturated heterocycles. The SMILES string of the molecule is Cc1cn([C@H]2C[C@H](O)[C@@H](COP(=O)(O)OP(=O)(O)OC3O[C@@H](CO)[C@H](O)[C@@H](O)[C@@H]3O)O2)c(=O)[nH]c1=O. The monoisotopic (exact) mass is 564 g/mol. The summed E-state index contributed by atoms with van der Waals surface area (Å²) < 4.78 is 48.8. The van der Waals surface area contributed by atoms with Crippen LogP contribution >= 0.6 is 15.6 Å². The zero-order valence-electron chi connectivity index (χ0n) is 18.5. The lowest BCUT2D eigenvalue weighted by molar-refractivity contribution is -0.280. The normalized spacial score (nSPS) is 36.3. The quantitative estimate of drug-likeness (QED) is 0.135. The number of hydrogen-bond acceptors (Lipinski definition) is 14. The van der Waals surface area contributed by atoms with E-state index in [1.54, 1.807) is 0 Å². The summed E-state index contributed by atoms with van der Waals surface area (Å²) in [6.07, 6.45) is -12.2. The molecule has 0 spiro atoms. The largest absolute Gasteiger partial charge is 0.483 e. The number of rotatable bonds is 9. The van der Waals surface area contributed by atoms with E-state index in [0.29, 0.717) is 0 Å². The Morgan fingerprint density at radius 2 is 1.72 bits per heavy atom. The van der Waals surface area contributed by atoms with E-state index < -0.39 is 89.2 Å². The van der Waals surface area contributed by atoms with Gasteiger partial charge in [0.25, 0.3) is 5.56 Å². The predicted octanol–water partition coefficient (Wildman–Crippen LogP) is -3.46. The van der Waals surface area contributed by atoms with Gasteiger partial charge in [0.15, 0.2) is 6.29 Å². The number of ether oxygens (including phenoxy) is 2. The van der Waals surface area contributed by atoms with Crippen LogP contribution in [0.1, 0.15) is 18.2 Å². The molecule has 3 rings (SSSR count). The highest BCUT2D eigenvalue weighted by Crippen LogP contribution is 2.61. The summed E-state index contributed by atoms with van der Waals surface area (Å²) in [6, 6.07) is 0. The van der Waals surface area contributed by atoms with Crippen molar-refractivity contribution in [2.75, 3.05) is 13.2 Å². The maximum absolute atomic E-state index is 12.2. The number of phosphoric acid groups is 2. The predicted molar refractivity (Wildman–Crippen MR) is 112 cm³/mol. The van der Waals surface area contributed by atoms with Gasteiger partial charge < -0.3 is 44.8 Å². The van der Waals surface area contributed by atoms with Crippen molar-refractivity contribution in [2.24, 2.45) is 0 Å². The second kappa shape index (κ2) is 11.2. The van der Waals surface area contributed by atoms with E-state index in [0.717, 1.165) is 4.57 Å². The van der Waals surface area contributed by atoms with Gasteiger partial charge >= 0.3 is 21.3 Å². The molecule has 0 saturated carbocycles. The molecule has 36 heavy (non-hydrogen) atoms. The van der Waals surface area contributed by atoms with Crippen LogP contribution in [0.2, 0.25) is 0 Å². The van der Waals surface area contributed by atoms with Gasteiger partial charge in [-0.05, 0) is 6.92 Å². The zero-order chi connectivity index (χ0) is 27.0. The lowest BCUT2D eigenvalue weighted by Gasteiger charge is -2.39. The molecule has 1 aromatic heterocycles. The van der Waals surface area contributed by atoms with Gasteiger partial charge in [-0.3, -0.25) is 23.4 Å². The van der Waals surface area contributed by atoms with Crippen molar-refractivity contribution in [3.05, 3.63) is 32.6 Å². The van der Waals surface area contributed by atoms with Crippen LogP contribution in [0, 0.1) is 6.92 Å². The van der Waals surface area contributed by atoms with Crippen LogP contribution in [0.3, 0.4) is 0 Å². The van der Waals surface area contributed by atoms with Crippen molar-refractivity contribution >= 4 is 15.6 Å². The highest BCUT2D eigenvalue weighted by molar-refractivity contribution is 7.61. The van der Waals surface area contributed by atoms with Gasteiger partial charge in [-0.15, -0.1) is 0 Å². The minimum atomic E-state index is -5.54. The zero-order valence-corrected chi connectivity index (χ0v) is 20.3. The van der Waals surface area contributed by atoms with E-state index in [-0.39, 0.29) is 12.0 Å². The summed E-state index contributed by atoms with van der Waals surface area (Å²) >= 11 is 0. The van der Waals surface area contributed by atoms with E-state index >= 15 is 0 Å². The molecule has 2 fully saturated rings. The molecular formula is C16H26N2O16P2. The maximum atomic E-state index is 12.2. The highest BCUT2D eigenvalue weighted by atomic mass is 31.3. The van der Waals surface area contributed by atoms with Crippen LogP contribution in [0.25, 0.3) is 0 Å². The maximum Gasteiger partial charge on any atom is 0.483 e. The van der Waals surface area contributed by atoms with Gasteiger partial charge in [0.2, 0.25) is 0 Å². The molecule has 0 aromatic carbocycles. The fourth-order valence-electron chi connectivity index (χ4n) is 3.46. The first-order chi connectivity index (χ1) is 16.6. The first kappa shape index (κ1) is 29.2.